The van der Waals surface area contributed by atoms with E-state index in [0.717, 1.165) is 11.8 Å². The van der Waals surface area contributed by atoms with Crippen LogP contribution in [0.4, 0.5) is 5.69 Å². The van der Waals surface area contributed by atoms with E-state index in [1.54, 1.807) is 12.1 Å². The lowest BCUT2D eigenvalue weighted by Crippen LogP contribution is -2.21. The van der Waals surface area contributed by atoms with Gasteiger partial charge in [0.2, 0.25) is 0 Å². The van der Waals surface area contributed by atoms with Gasteiger partial charge >= 0.3 is 5.97 Å². The van der Waals surface area contributed by atoms with Crippen LogP contribution in [0, 0.1) is 6.92 Å². The molecule has 0 radical (unpaired) electrons. The molecular formula is C18H19NO6S. The number of amides is 1. The molecule has 1 amide bonds. The molecule has 0 aliphatic heterocycles. The molecule has 0 fully saturated rings. The summed E-state index contributed by atoms with van der Waals surface area (Å²) < 4.78 is 33.2. The summed E-state index contributed by atoms with van der Waals surface area (Å²) in [5.41, 5.74) is 1.44. The molecule has 2 aromatic rings. The number of sulfone groups is 1. The molecule has 7 nitrogen and oxygen atoms in total. The topological polar surface area (TPSA) is 98.8 Å². The zero-order valence-electron chi connectivity index (χ0n) is 14.6. The molecule has 0 saturated heterocycles. The molecule has 2 aromatic carbocycles. The van der Waals surface area contributed by atoms with Crippen molar-refractivity contribution in [2.75, 3.05) is 25.3 Å². The molecule has 0 spiro atoms. The van der Waals surface area contributed by atoms with Gasteiger partial charge in [-0.05, 0) is 42.8 Å². The molecule has 0 atom stereocenters. The van der Waals surface area contributed by atoms with Crippen molar-refractivity contribution in [3.63, 3.8) is 0 Å². The predicted octanol–water partition coefficient (Wildman–Crippen LogP) is 2.20. The second kappa shape index (κ2) is 8.01. The van der Waals surface area contributed by atoms with Crippen LogP contribution >= 0.6 is 0 Å². The average molecular weight is 377 g/mol. The molecule has 0 aromatic heterocycles. The van der Waals surface area contributed by atoms with Gasteiger partial charge in [-0.3, -0.25) is 4.79 Å². The summed E-state index contributed by atoms with van der Waals surface area (Å²) in [5.74, 6) is -0.848. The molecule has 0 saturated carbocycles. The van der Waals surface area contributed by atoms with Crippen LogP contribution in [0.3, 0.4) is 0 Å². The van der Waals surface area contributed by atoms with Crippen molar-refractivity contribution in [1.29, 1.82) is 0 Å². The van der Waals surface area contributed by atoms with Gasteiger partial charge in [0.1, 0.15) is 5.75 Å². The number of aryl methyl sites for hydroxylation is 1. The number of ether oxygens (including phenoxy) is 2. The number of benzene rings is 2. The minimum absolute atomic E-state index is 0.000832. The molecule has 0 aliphatic carbocycles. The summed E-state index contributed by atoms with van der Waals surface area (Å²) in [6, 6.07) is 10.7. The molecule has 26 heavy (non-hydrogen) atoms. The van der Waals surface area contributed by atoms with E-state index in [1.165, 1.54) is 31.4 Å². The summed E-state index contributed by atoms with van der Waals surface area (Å²) in [6.07, 6.45) is 1.04. The van der Waals surface area contributed by atoms with Crippen molar-refractivity contribution in [3.05, 3.63) is 53.6 Å². The molecule has 0 heterocycles. The smallest absolute Gasteiger partial charge is 0.338 e. The number of rotatable bonds is 6. The summed E-state index contributed by atoms with van der Waals surface area (Å²) in [5, 5.41) is 2.61. The quantitative estimate of drug-likeness (QED) is 0.775. The second-order valence-corrected chi connectivity index (χ2v) is 7.64. The summed E-state index contributed by atoms with van der Waals surface area (Å²) in [7, 11) is -1.96. The van der Waals surface area contributed by atoms with Gasteiger partial charge in [-0.15, -0.1) is 0 Å². The van der Waals surface area contributed by atoms with Crippen LogP contribution in [0.25, 0.3) is 0 Å². The molecule has 0 bridgehead atoms. The third-order valence-corrected chi connectivity index (χ3v) is 4.57. The van der Waals surface area contributed by atoms with E-state index in [4.69, 9.17) is 9.47 Å². The first-order chi connectivity index (χ1) is 12.2. The van der Waals surface area contributed by atoms with E-state index in [9.17, 15) is 18.0 Å². The monoisotopic (exact) mass is 377 g/mol. The molecule has 138 valence electrons. The highest BCUT2D eigenvalue weighted by molar-refractivity contribution is 7.90. The number of carbonyl (C=O) groups excluding carboxylic acids is 2. The fourth-order valence-electron chi connectivity index (χ4n) is 2.17. The van der Waals surface area contributed by atoms with Crippen molar-refractivity contribution in [3.8, 4) is 5.75 Å². The van der Waals surface area contributed by atoms with E-state index in [0.29, 0.717) is 11.4 Å². The van der Waals surface area contributed by atoms with Crippen LogP contribution in [0.5, 0.6) is 5.75 Å². The van der Waals surface area contributed by atoms with Crippen LogP contribution in [0.1, 0.15) is 15.9 Å². The SMILES string of the molecule is COc1ccc(C)cc1NC(=O)COC(=O)c1cccc(S(C)(=O)=O)c1. The third-order valence-electron chi connectivity index (χ3n) is 3.46. The van der Waals surface area contributed by atoms with E-state index in [1.807, 2.05) is 13.0 Å². The van der Waals surface area contributed by atoms with E-state index >= 15 is 0 Å². The largest absolute Gasteiger partial charge is 0.495 e. The Bertz CT molecular complexity index is 936. The first-order valence-electron chi connectivity index (χ1n) is 7.62. The minimum atomic E-state index is -3.44. The summed E-state index contributed by atoms with van der Waals surface area (Å²) in [6.45, 7) is 1.35. The number of nitrogens with one attached hydrogen (secondary N) is 1. The number of hydrogen-bond donors (Lipinski definition) is 1. The average Bonchev–Trinajstić information content (AvgIpc) is 2.59. The van der Waals surface area contributed by atoms with Crippen LogP contribution in [-0.2, 0) is 19.4 Å². The Morgan fingerprint density at radius 2 is 1.85 bits per heavy atom. The van der Waals surface area contributed by atoms with Gasteiger partial charge in [0, 0.05) is 6.26 Å². The van der Waals surface area contributed by atoms with Gasteiger partial charge in [0.25, 0.3) is 5.91 Å². The van der Waals surface area contributed by atoms with Crippen molar-refractivity contribution < 1.29 is 27.5 Å². The van der Waals surface area contributed by atoms with Crippen LogP contribution in [0.2, 0.25) is 0 Å². The van der Waals surface area contributed by atoms with Gasteiger partial charge < -0.3 is 14.8 Å². The third kappa shape index (κ3) is 5.06. The lowest BCUT2D eigenvalue weighted by atomic mass is 10.2. The molecule has 2 rings (SSSR count). The maximum absolute atomic E-state index is 12.0. The zero-order valence-corrected chi connectivity index (χ0v) is 15.4. The highest BCUT2D eigenvalue weighted by Crippen LogP contribution is 2.25. The van der Waals surface area contributed by atoms with Crippen molar-refractivity contribution in [2.45, 2.75) is 11.8 Å². The fraction of sp³-hybridized carbons (Fsp3) is 0.222. The maximum Gasteiger partial charge on any atom is 0.338 e. The van der Waals surface area contributed by atoms with Gasteiger partial charge in [-0.25, -0.2) is 13.2 Å². The van der Waals surface area contributed by atoms with Gasteiger partial charge in [0.05, 0.1) is 23.3 Å². The normalized spacial score (nSPS) is 10.9. The van der Waals surface area contributed by atoms with E-state index in [-0.39, 0.29) is 10.5 Å². The molecule has 1 N–H and O–H groups in total. The Balaban J connectivity index is 2.02. The van der Waals surface area contributed by atoms with Crippen molar-refractivity contribution in [2.24, 2.45) is 0 Å². The van der Waals surface area contributed by atoms with Crippen LogP contribution < -0.4 is 10.1 Å². The summed E-state index contributed by atoms with van der Waals surface area (Å²) in [4.78, 5) is 24.1. The number of anilines is 1. The highest BCUT2D eigenvalue weighted by Gasteiger charge is 2.15. The summed E-state index contributed by atoms with van der Waals surface area (Å²) >= 11 is 0. The van der Waals surface area contributed by atoms with E-state index < -0.39 is 28.3 Å². The maximum atomic E-state index is 12.0. The Morgan fingerprint density at radius 3 is 2.50 bits per heavy atom. The Morgan fingerprint density at radius 1 is 1.12 bits per heavy atom. The second-order valence-electron chi connectivity index (χ2n) is 5.63. The van der Waals surface area contributed by atoms with Gasteiger partial charge in [0.15, 0.2) is 16.4 Å². The Kier molecular flexibility index (Phi) is 5.99. The lowest BCUT2D eigenvalue weighted by Gasteiger charge is -2.11. The zero-order chi connectivity index (χ0) is 19.3. The first-order valence-corrected chi connectivity index (χ1v) is 9.51. The molecule has 0 unspecified atom stereocenters. The van der Waals surface area contributed by atoms with Crippen LogP contribution in [-0.4, -0.2) is 40.3 Å². The van der Waals surface area contributed by atoms with Gasteiger partial charge in [-0.2, -0.15) is 0 Å². The minimum Gasteiger partial charge on any atom is -0.495 e. The Labute approximate surface area is 151 Å². The molecule has 0 aliphatic rings. The van der Waals surface area contributed by atoms with Crippen LogP contribution in [0.15, 0.2) is 47.4 Å². The first kappa shape index (κ1) is 19.5. The standard InChI is InChI=1S/C18H19NO6S/c1-12-7-8-16(24-2)15(9-12)19-17(20)11-25-18(21)13-5-4-6-14(10-13)26(3,22)23/h4-10H,11H2,1-3H3,(H,19,20). The van der Waals surface area contributed by atoms with Crippen molar-refractivity contribution in [1.82, 2.24) is 0 Å². The number of hydrogen-bond acceptors (Lipinski definition) is 6. The number of methoxy groups -OCH3 is 1. The number of carbonyl (C=O) groups is 2. The van der Waals surface area contributed by atoms with Crippen molar-refractivity contribution >= 4 is 27.4 Å². The predicted molar refractivity (Wildman–Crippen MR) is 96.2 cm³/mol. The Hall–Kier alpha value is -2.87. The van der Waals surface area contributed by atoms with Gasteiger partial charge in [-0.1, -0.05) is 12.1 Å². The lowest BCUT2D eigenvalue weighted by molar-refractivity contribution is -0.119. The highest BCUT2D eigenvalue weighted by atomic mass is 32.2. The number of esters is 1. The molecular weight excluding hydrogens is 358 g/mol. The fourth-order valence-corrected chi connectivity index (χ4v) is 2.84. The van der Waals surface area contributed by atoms with E-state index in [2.05, 4.69) is 5.32 Å². The molecule has 8 heteroatoms.